The first-order valence-electron chi connectivity index (χ1n) is 13.3. The van der Waals surface area contributed by atoms with E-state index in [1.54, 1.807) is 6.20 Å². The van der Waals surface area contributed by atoms with Gasteiger partial charge in [-0.3, -0.25) is 9.78 Å². The largest absolute Gasteiger partial charge is 0.303 e. The van der Waals surface area contributed by atoms with E-state index in [4.69, 9.17) is 23.2 Å². The van der Waals surface area contributed by atoms with E-state index in [0.717, 1.165) is 55.5 Å². The number of hydrogen-bond donors (Lipinski definition) is 0. The molecule has 1 aromatic heterocycles. The average Bonchev–Trinajstić information content (AvgIpc) is 2.92. The van der Waals surface area contributed by atoms with Crippen molar-refractivity contribution in [2.24, 2.45) is 5.92 Å². The van der Waals surface area contributed by atoms with Gasteiger partial charge in [0.2, 0.25) is 0 Å². The lowest BCUT2D eigenvalue weighted by molar-refractivity contribution is 0.0680. The van der Waals surface area contributed by atoms with Crippen LogP contribution in [0.4, 0.5) is 0 Å². The Hall–Kier alpha value is -1.98. The van der Waals surface area contributed by atoms with Gasteiger partial charge in [0.25, 0.3) is 0 Å². The molecule has 1 atom stereocenters. The van der Waals surface area contributed by atoms with Crippen LogP contribution in [-0.2, 0) is 6.42 Å². The van der Waals surface area contributed by atoms with Crippen LogP contribution in [0.5, 0.6) is 0 Å². The molecule has 1 unspecified atom stereocenters. The van der Waals surface area contributed by atoms with E-state index in [1.165, 1.54) is 37.8 Å². The SMILES string of the molecule is O=C(CCC1CCCN(C2CCN(CCc3ccc(Cl)c(Cl)c3)CC2)C1)c1ccc2ncccc2c1. The van der Waals surface area contributed by atoms with Crippen molar-refractivity contribution in [1.29, 1.82) is 0 Å². The van der Waals surface area contributed by atoms with Gasteiger partial charge in [0.15, 0.2) is 5.78 Å². The van der Waals surface area contributed by atoms with Crippen LogP contribution in [0, 0.1) is 5.92 Å². The number of halogens is 2. The second-order valence-corrected chi connectivity index (χ2v) is 11.3. The predicted molar refractivity (Wildman–Crippen MR) is 149 cm³/mol. The Bertz CT molecular complexity index is 1190. The molecule has 2 saturated heterocycles. The molecule has 3 heterocycles. The number of fused-ring (bicyclic) bond motifs is 1. The van der Waals surface area contributed by atoms with Crippen molar-refractivity contribution in [2.45, 2.75) is 51.0 Å². The highest BCUT2D eigenvalue weighted by molar-refractivity contribution is 6.42. The van der Waals surface area contributed by atoms with E-state index in [2.05, 4.69) is 20.9 Å². The number of ketones is 1. The number of pyridine rings is 1. The summed E-state index contributed by atoms with van der Waals surface area (Å²) in [5, 5.41) is 2.30. The van der Waals surface area contributed by atoms with Crippen molar-refractivity contribution in [3.63, 3.8) is 0 Å². The van der Waals surface area contributed by atoms with Crippen molar-refractivity contribution in [1.82, 2.24) is 14.8 Å². The van der Waals surface area contributed by atoms with E-state index in [-0.39, 0.29) is 5.78 Å². The predicted octanol–water partition coefficient (Wildman–Crippen LogP) is 6.92. The lowest BCUT2D eigenvalue weighted by Gasteiger charge is -2.42. The Labute approximate surface area is 224 Å². The maximum absolute atomic E-state index is 12.9. The summed E-state index contributed by atoms with van der Waals surface area (Å²) in [5.41, 5.74) is 3.01. The Morgan fingerprint density at radius 1 is 0.972 bits per heavy atom. The zero-order chi connectivity index (χ0) is 24.9. The molecule has 5 rings (SSSR count). The van der Waals surface area contributed by atoms with E-state index >= 15 is 0 Å². The van der Waals surface area contributed by atoms with Crippen LogP contribution in [0.2, 0.25) is 10.0 Å². The van der Waals surface area contributed by atoms with Gasteiger partial charge in [-0.2, -0.15) is 0 Å². The highest BCUT2D eigenvalue weighted by Gasteiger charge is 2.29. The molecule has 4 nitrogen and oxygen atoms in total. The molecule has 190 valence electrons. The minimum atomic E-state index is 0.258. The number of aromatic nitrogens is 1. The summed E-state index contributed by atoms with van der Waals surface area (Å²) >= 11 is 12.2. The Morgan fingerprint density at radius 3 is 2.67 bits per heavy atom. The third kappa shape index (κ3) is 6.47. The molecule has 0 bridgehead atoms. The van der Waals surface area contributed by atoms with E-state index in [9.17, 15) is 4.79 Å². The number of piperidine rings is 2. The minimum Gasteiger partial charge on any atom is -0.303 e. The normalized spacial score (nSPS) is 20.1. The van der Waals surface area contributed by atoms with Gasteiger partial charge in [-0.25, -0.2) is 0 Å². The van der Waals surface area contributed by atoms with E-state index in [1.807, 2.05) is 42.5 Å². The molecule has 2 aromatic carbocycles. The van der Waals surface area contributed by atoms with E-state index in [0.29, 0.717) is 28.4 Å². The van der Waals surface area contributed by atoms with Crippen LogP contribution in [0.25, 0.3) is 10.9 Å². The number of benzene rings is 2. The fraction of sp³-hybridized carbons (Fsp3) is 0.467. The number of rotatable bonds is 8. The van der Waals surface area contributed by atoms with Gasteiger partial charge in [0, 0.05) is 42.7 Å². The minimum absolute atomic E-state index is 0.258. The summed E-state index contributed by atoms with van der Waals surface area (Å²) in [4.78, 5) is 22.6. The van der Waals surface area contributed by atoms with Crippen LogP contribution in [0.3, 0.4) is 0 Å². The van der Waals surface area contributed by atoms with Crippen molar-refractivity contribution in [3.05, 3.63) is 75.9 Å². The van der Waals surface area contributed by atoms with Gasteiger partial charge in [0.1, 0.15) is 0 Å². The molecule has 0 radical (unpaired) electrons. The third-order valence-corrected chi connectivity index (χ3v) is 8.77. The Morgan fingerprint density at radius 2 is 1.83 bits per heavy atom. The maximum Gasteiger partial charge on any atom is 0.162 e. The van der Waals surface area contributed by atoms with Gasteiger partial charge in [-0.1, -0.05) is 35.3 Å². The fourth-order valence-electron chi connectivity index (χ4n) is 5.88. The molecule has 6 heteroatoms. The first kappa shape index (κ1) is 25.7. The van der Waals surface area contributed by atoms with Gasteiger partial charge >= 0.3 is 0 Å². The second-order valence-electron chi connectivity index (χ2n) is 10.4. The summed E-state index contributed by atoms with van der Waals surface area (Å²) in [6.07, 6.45) is 9.39. The number of Topliss-reactive ketones (excluding diaryl/α,β-unsaturated/α-hetero) is 1. The fourth-order valence-corrected chi connectivity index (χ4v) is 6.20. The summed E-state index contributed by atoms with van der Waals surface area (Å²) < 4.78 is 0. The highest BCUT2D eigenvalue weighted by atomic mass is 35.5. The van der Waals surface area contributed by atoms with Crippen molar-refractivity contribution < 1.29 is 4.79 Å². The molecule has 0 spiro atoms. The Balaban J connectivity index is 1.06. The number of carbonyl (C=O) groups is 1. The zero-order valence-corrected chi connectivity index (χ0v) is 22.4. The molecular formula is C30H35Cl2N3O. The molecule has 2 aliphatic rings. The van der Waals surface area contributed by atoms with Gasteiger partial charge < -0.3 is 9.80 Å². The topological polar surface area (TPSA) is 36.4 Å². The smallest absolute Gasteiger partial charge is 0.162 e. The van der Waals surface area contributed by atoms with Crippen LogP contribution < -0.4 is 0 Å². The number of nitrogens with zero attached hydrogens (tertiary/aromatic N) is 3. The van der Waals surface area contributed by atoms with Crippen LogP contribution in [0.15, 0.2) is 54.7 Å². The van der Waals surface area contributed by atoms with Crippen molar-refractivity contribution in [2.75, 3.05) is 32.7 Å². The monoisotopic (exact) mass is 523 g/mol. The molecule has 0 N–H and O–H groups in total. The standard InChI is InChI=1S/C30H35Cl2N3O/c31-27-8-5-22(19-28(27)32)11-16-34-17-12-26(13-18-34)35-15-2-3-23(21-35)6-10-30(36)25-7-9-29-24(20-25)4-1-14-33-29/h1,4-5,7-9,14,19-20,23,26H,2-3,6,10-13,15-18,21H2. The number of likely N-dealkylation sites (tertiary alicyclic amines) is 2. The maximum atomic E-state index is 12.9. The zero-order valence-electron chi connectivity index (χ0n) is 20.8. The van der Waals surface area contributed by atoms with Crippen molar-refractivity contribution >= 4 is 39.9 Å². The highest BCUT2D eigenvalue weighted by Crippen LogP contribution is 2.28. The molecule has 2 fully saturated rings. The lowest BCUT2D eigenvalue weighted by atomic mass is 9.89. The van der Waals surface area contributed by atoms with Crippen LogP contribution in [0.1, 0.15) is 54.4 Å². The van der Waals surface area contributed by atoms with Crippen LogP contribution in [-0.4, -0.2) is 59.3 Å². The molecule has 0 aliphatic carbocycles. The number of carbonyl (C=O) groups excluding carboxylic acids is 1. The second kappa shape index (κ2) is 12.0. The molecule has 0 saturated carbocycles. The first-order chi connectivity index (χ1) is 17.5. The van der Waals surface area contributed by atoms with Crippen molar-refractivity contribution in [3.8, 4) is 0 Å². The molecule has 36 heavy (non-hydrogen) atoms. The van der Waals surface area contributed by atoms with Gasteiger partial charge in [-0.15, -0.1) is 0 Å². The summed E-state index contributed by atoms with van der Waals surface area (Å²) in [6, 6.07) is 16.5. The molecule has 0 amide bonds. The molecular weight excluding hydrogens is 489 g/mol. The van der Waals surface area contributed by atoms with Crippen LogP contribution >= 0.6 is 23.2 Å². The van der Waals surface area contributed by atoms with Gasteiger partial charge in [-0.05, 0) is 106 Å². The molecule has 3 aromatic rings. The number of hydrogen-bond acceptors (Lipinski definition) is 4. The third-order valence-electron chi connectivity index (χ3n) is 8.03. The average molecular weight is 525 g/mol. The molecule has 2 aliphatic heterocycles. The van der Waals surface area contributed by atoms with E-state index < -0.39 is 0 Å². The summed E-state index contributed by atoms with van der Waals surface area (Å²) in [6.45, 7) is 5.73. The van der Waals surface area contributed by atoms with Gasteiger partial charge in [0.05, 0.1) is 15.6 Å². The quantitative estimate of drug-likeness (QED) is 0.300. The first-order valence-corrected chi connectivity index (χ1v) is 14.1. The summed E-state index contributed by atoms with van der Waals surface area (Å²) in [5.74, 6) is 0.880. The lowest BCUT2D eigenvalue weighted by Crippen LogP contribution is -2.48. The summed E-state index contributed by atoms with van der Waals surface area (Å²) in [7, 11) is 0. The Kier molecular flexibility index (Phi) is 8.58.